The number of hydrogen-bond donors (Lipinski definition) is 0. The number of halogens is 2. The van der Waals surface area contributed by atoms with Gasteiger partial charge in [-0.05, 0) is 36.0 Å². The van der Waals surface area contributed by atoms with Crippen LogP contribution in [-0.4, -0.2) is 13.1 Å². The Hall–Kier alpha value is -0.400. The van der Waals surface area contributed by atoms with Gasteiger partial charge in [-0.25, -0.2) is 0 Å². The van der Waals surface area contributed by atoms with Gasteiger partial charge < -0.3 is 4.90 Å². The van der Waals surface area contributed by atoms with Crippen LogP contribution in [0.3, 0.4) is 0 Å². The van der Waals surface area contributed by atoms with Gasteiger partial charge in [-0.15, -0.1) is 11.6 Å². The second-order valence-corrected chi connectivity index (χ2v) is 6.24. The van der Waals surface area contributed by atoms with Crippen LogP contribution in [0.15, 0.2) is 18.2 Å². The van der Waals surface area contributed by atoms with Gasteiger partial charge in [0.05, 0.1) is 0 Å². The van der Waals surface area contributed by atoms with E-state index in [9.17, 15) is 0 Å². The van der Waals surface area contributed by atoms with Gasteiger partial charge in [0.2, 0.25) is 0 Å². The van der Waals surface area contributed by atoms with Crippen molar-refractivity contribution < 1.29 is 0 Å². The van der Waals surface area contributed by atoms with E-state index in [0.29, 0.717) is 11.3 Å². The van der Waals surface area contributed by atoms with E-state index >= 15 is 0 Å². The second kappa shape index (κ2) is 5.71. The molecule has 1 aliphatic rings. The topological polar surface area (TPSA) is 3.24 Å². The first-order chi connectivity index (χ1) is 8.58. The van der Waals surface area contributed by atoms with Gasteiger partial charge in [-0.3, -0.25) is 0 Å². The molecule has 1 aromatic carbocycles. The Morgan fingerprint density at radius 3 is 2.44 bits per heavy atom. The van der Waals surface area contributed by atoms with Crippen molar-refractivity contribution in [1.82, 2.24) is 0 Å². The fraction of sp³-hybridized carbons (Fsp3) is 0.600. The molecule has 0 unspecified atom stereocenters. The maximum absolute atomic E-state index is 6.22. The van der Waals surface area contributed by atoms with Crippen LogP contribution in [0.5, 0.6) is 0 Å². The monoisotopic (exact) mass is 285 g/mol. The number of piperidine rings is 1. The molecule has 1 aromatic rings. The van der Waals surface area contributed by atoms with E-state index in [1.807, 2.05) is 12.1 Å². The summed E-state index contributed by atoms with van der Waals surface area (Å²) in [7, 11) is 0. The smallest absolute Gasteiger partial charge is 0.0488 e. The summed E-state index contributed by atoms with van der Waals surface area (Å²) < 4.78 is 0. The van der Waals surface area contributed by atoms with Crippen LogP contribution in [0.1, 0.15) is 38.7 Å². The van der Waals surface area contributed by atoms with E-state index < -0.39 is 0 Å². The molecule has 1 aliphatic heterocycles. The third-order valence-corrected chi connectivity index (χ3v) is 5.01. The fourth-order valence-electron chi connectivity index (χ4n) is 2.50. The fourth-order valence-corrected chi connectivity index (χ4v) is 3.04. The minimum atomic E-state index is 0.479. The van der Waals surface area contributed by atoms with Crippen LogP contribution >= 0.6 is 23.2 Å². The molecular weight excluding hydrogens is 265 g/mol. The van der Waals surface area contributed by atoms with Crippen LogP contribution in [0.25, 0.3) is 0 Å². The number of nitrogens with zero attached hydrogens (tertiary/aromatic N) is 1. The first kappa shape index (κ1) is 14.0. The average molecular weight is 286 g/mol. The molecule has 1 nitrogen and oxygen atoms in total. The van der Waals surface area contributed by atoms with Gasteiger partial charge in [-0.1, -0.05) is 37.9 Å². The lowest BCUT2D eigenvalue weighted by atomic mass is 9.78. The zero-order chi connectivity index (χ0) is 13.2. The largest absolute Gasteiger partial charge is 0.371 e. The molecule has 1 saturated heterocycles. The van der Waals surface area contributed by atoms with E-state index in [-0.39, 0.29) is 0 Å². The number of alkyl halides is 1. The minimum absolute atomic E-state index is 0.479. The first-order valence-electron chi connectivity index (χ1n) is 6.67. The first-order valence-corrected chi connectivity index (χ1v) is 7.58. The van der Waals surface area contributed by atoms with Crippen molar-refractivity contribution in [2.45, 2.75) is 39.0 Å². The predicted octanol–water partition coefficient (Wildman–Crippen LogP) is 5.10. The highest BCUT2D eigenvalue weighted by Gasteiger charge is 2.28. The Balaban J connectivity index is 2.08. The van der Waals surface area contributed by atoms with Gasteiger partial charge in [0, 0.05) is 29.7 Å². The standard InChI is InChI=1S/C15H21Cl2N/c1-3-15(2)6-8-18(9-7-15)13-5-4-12(11-16)14(17)10-13/h4-5,10H,3,6-9,11H2,1-2H3. The molecule has 0 saturated carbocycles. The van der Waals surface area contributed by atoms with Crippen LogP contribution < -0.4 is 4.90 Å². The molecule has 0 spiro atoms. The summed E-state index contributed by atoms with van der Waals surface area (Å²) in [5.41, 5.74) is 2.76. The quantitative estimate of drug-likeness (QED) is 0.699. The summed E-state index contributed by atoms with van der Waals surface area (Å²) in [6, 6.07) is 6.23. The van der Waals surface area contributed by atoms with Gasteiger partial charge in [0.15, 0.2) is 0 Å². The molecule has 0 amide bonds. The molecule has 0 atom stereocenters. The highest BCUT2D eigenvalue weighted by molar-refractivity contribution is 6.32. The highest BCUT2D eigenvalue weighted by atomic mass is 35.5. The molecule has 100 valence electrons. The lowest BCUT2D eigenvalue weighted by Crippen LogP contribution is -2.38. The second-order valence-electron chi connectivity index (χ2n) is 5.56. The molecule has 0 aromatic heterocycles. The van der Waals surface area contributed by atoms with Crippen molar-refractivity contribution in [3.63, 3.8) is 0 Å². The van der Waals surface area contributed by atoms with Gasteiger partial charge in [-0.2, -0.15) is 0 Å². The highest BCUT2D eigenvalue weighted by Crippen LogP contribution is 2.36. The Morgan fingerprint density at radius 2 is 1.94 bits per heavy atom. The van der Waals surface area contributed by atoms with Crippen molar-refractivity contribution in [2.75, 3.05) is 18.0 Å². The molecule has 2 rings (SSSR count). The SMILES string of the molecule is CCC1(C)CCN(c2ccc(CCl)c(Cl)c2)CC1. The Bertz CT molecular complexity index is 409. The summed E-state index contributed by atoms with van der Waals surface area (Å²) in [5.74, 6) is 0.479. The van der Waals surface area contributed by atoms with Gasteiger partial charge in [0.1, 0.15) is 0 Å². The molecule has 0 bridgehead atoms. The molecule has 3 heteroatoms. The number of benzene rings is 1. The van der Waals surface area contributed by atoms with Crippen molar-refractivity contribution in [3.8, 4) is 0 Å². The van der Waals surface area contributed by atoms with E-state index in [1.54, 1.807) is 0 Å². The minimum Gasteiger partial charge on any atom is -0.371 e. The third kappa shape index (κ3) is 2.95. The number of hydrogen-bond acceptors (Lipinski definition) is 1. The van der Waals surface area contributed by atoms with Crippen LogP contribution in [0.4, 0.5) is 5.69 Å². The molecular formula is C15H21Cl2N. The van der Waals surface area contributed by atoms with Crippen LogP contribution in [0, 0.1) is 5.41 Å². The maximum atomic E-state index is 6.22. The van der Waals surface area contributed by atoms with Crippen molar-refractivity contribution in [1.29, 1.82) is 0 Å². The van der Waals surface area contributed by atoms with Crippen molar-refractivity contribution in [2.24, 2.45) is 5.41 Å². The molecule has 1 heterocycles. The van der Waals surface area contributed by atoms with Crippen LogP contribution in [0.2, 0.25) is 5.02 Å². The summed E-state index contributed by atoms with van der Waals surface area (Å²) in [6.07, 6.45) is 3.80. The van der Waals surface area contributed by atoms with Gasteiger partial charge in [0.25, 0.3) is 0 Å². The third-order valence-electron chi connectivity index (χ3n) is 4.37. The summed E-state index contributed by atoms with van der Waals surface area (Å²) in [6.45, 7) is 6.94. The zero-order valence-corrected chi connectivity index (χ0v) is 12.7. The van der Waals surface area contributed by atoms with E-state index in [2.05, 4.69) is 24.8 Å². The Morgan fingerprint density at radius 1 is 1.28 bits per heavy atom. The lowest BCUT2D eigenvalue weighted by Gasteiger charge is -2.40. The lowest BCUT2D eigenvalue weighted by molar-refractivity contribution is 0.238. The van der Waals surface area contributed by atoms with Crippen LogP contribution in [-0.2, 0) is 5.88 Å². The molecule has 0 radical (unpaired) electrons. The number of rotatable bonds is 3. The zero-order valence-electron chi connectivity index (χ0n) is 11.2. The summed E-state index contributed by atoms with van der Waals surface area (Å²) >= 11 is 12.0. The maximum Gasteiger partial charge on any atom is 0.0488 e. The predicted molar refractivity (Wildman–Crippen MR) is 80.9 cm³/mol. The van der Waals surface area contributed by atoms with Crippen molar-refractivity contribution in [3.05, 3.63) is 28.8 Å². The normalized spacial score (nSPS) is 19.0. The van der Waals surface area contributed by atoms with Crippen molar-refractivity contribution >= 4 is 28.9 Å². The van der Waals surface area contributed by atoms with E-state index in [1.165, 1.54) is 24.9 Å². The Kier molecular flexibility index (Phi) is 4.45. The molecule has 1 fully saturated rings. The Labute approximate surface area is 120 Å². The summed E-state index contributed by atoms with van der Waals surface area (Å²) in [5, 5.41) is 0.784. The number of anilines is 1. The van der Waals surface area contributed by atoms with E-state index in [0.717, 1.165) is 23.7 Å². The molecule has 0 N–H and O–H groups in total. The van der Waals surface area contributed by atoms with Gasteiger partial charge >= 0.3 is 0 Å². The summed E-state index contributed by atoms with van der Waals surface area (Å²) in [4.78, 5) is 2.43. The van der Waals surface area contributed by atoms with E-state index in [4.69, 9.17) is 23.2 Å². The molecule has 0 aliphatic carbocycles. The average Bonchev–Trinajstić information content (AvgIpc) is 2.39. The molecule has 18 heavy (non-hydrogen) atoms.